The summed E-state index contributed by atoms with van der Waals surface area (Å²) in [5, 5.41) is 6.57. The topological polar surface area (TPSA) is 41.9 Å². The van der Waals surface area contributed by atoms with Crippen molar-refractivity contribution < 1.29 is 9.63 Å². The molecule has 140 valence electrons. The van der Waals surface area contributed by atoms with E-state index in [1.54, 1.807) is 23.1 Å². The number of hydrogen-bond donors (Lipinski definition) is 0. The van der Waals surface area contributed by atoms with Gasteiger partial charge in [0.05, 0.1) is 12.3 Å². The van der Waals surface area contributed by atoms with Crippen molar-refractivity contribution in [1.82, 2.24) is 4.90 Å². The summed E-state index contributed by atoms with van der Waals surface area (Å²) in [6, 6.07) is 20.1. The first-order chi connectivity index (χ1) is 13.8. The molecule has 2 aliphatic heterocycles. The maximum absolute atomic E-state index is 12.9. The van der Waals surface area contributed by atoms with E-state index in [4.69, 9.17) is 4.84 Å². The lowest BCUT2D eigenvalue weighted by molar-refractivity contribution is 0.0763. The number of carbonyl (C=O) groups is 1. The number of rotatable bonds is 3. The van der Waals surface area contributed by atoms with Gasteiger partial charge in [0.1, 0.15) is 12.0 Å². The summed E-state index contributed by atoms with van der Waals surface area (Å²) >= 11 is 3.41. The highest BCUT2D eigenvalue weighted by atomic mass is 32.2. The molecule has 2 aromatic carbocycles. The van der Waals surface area contributed by atoms with Crippen LogP contribution in [-0.4, -0.2) is 22.3 Å². The molecule has 6 heteroatoms. The van der Waals surface area contributed by atoms with Crippen LogP contribution in [0.25, 0.3) is 0 Å². The van der Waals surface area contributed by atoms with Gasteiger partial charge in [-0.15, -0.1) is 23.1 Å². The predicted molar refractivity (Wildman–Crippen MR) is 114 cm³/mol. The van der Waals surface area contributed by atoms with Gasteiger partial charge >= 0.3 is 0 Å². The second-order valence-corrected chi connectivity index (χ2v) is 8.81. The Morgan fingerprint density at radius 2 is 1.86 bits per heavy atom. The van der Waals surface area contributed by atoms with Gasteiger partial charge in [0.15, 0.2) is 0 Å². The molecule has 0 radical (unpaired) electrons. The molecule has 0 bridgehead atoms. The Morgan fingerprint density at radius 1 is 1.04 bits per heavy atom. The zero-order valence-corrected chi connectivity index (χ0v) is 16.7. The molecule has 0 saturated carbocycles. The predicted octanol–water partition coefficient (Wildman–Crippen LogP) is 5.07. The molecule has 0 N–H and O–H groups in total. The summed E-state index contributed by atoms with van der Waals surface area (Å²) in [6.07, 6.45) is 0. The molecule has 28 heavy (non-hydrogen) atoms. The molecule has 0 saturated heterocycles. The second-order valence-electron chi connectivity index (χ2n) is 6.74. The van der Waals surface area contributed by atoms with Crippen LogP contribution < -0.4 is 0 Å². The molecule has 0 aliphatic carbocycles. The molecule has 3 aromatic rings. The van der Waals surface area contributed by atoms with E-state index in [-0.39, 0.29) is 11.3 Å². The Kier molecular flexibility index (Phi) is 4.66. The Balaban J connectivity index is 1.43. The lowest BCUT2D eigenvalue weighted by Crippen LogP contribution is -2.29. The van der Waals surface area contributed by atoms with Gasteiger partial charge in [0.2, 0.25) is 0 Å². The largest absolute Gasteiger partial charge is 0.391 e. The van der Waals surface area contributed by atoms with Crippen LogP contribution in [0.15, 0.2) is 71.2 Å². The summed E-state index contributed by atoms with van der Waals surface area (Å²) in [7, 11) is 0. The molecular weight excluding hydrogens is 388 g/mol. The van der Waals surface area contributed by atoms with E-state index in [0.717, 1.165) is 32.8 Å². The van der Waals surface area contributed by atoms with Gasteiger partial charge in [-0.25, -0.2) is 0 Å². The van der Waals surface area contributed by atoms with Gasteiger partial charge in [-0.2, -0.15) is 0 Å². The molecule has 2 aliphatic rings. The summed E-state index contributed by atoms with van der Waals surface area (Å²) in [4.78, 5) is 21.7. The SMILES string of the molecule is O=C1c2ccccc2[C@@H]2SC/C(=N\OCc3ccccc3)c3ccsc3CN12. The smallest absolute Gasteiger partial charge is 0.255 e. The van der Waals surface area contributed by atoms with Crippen LogP contribution in [0.5, 0.6) is 0 Å². The van der Waals surface area contributed by atoms with Crippen molar-refractivity contribution in [2.45, 2.75) is 18.5 Å². The van der Waals surface area contributed by atoms with E-state index in [2.05, 4.69) is 22.7 Å². The van der Waals surface area contributed by atoms with Crippen LogP contribution in [-0.2, 0) is 18.0 Å². The number of thiophene rings is 1. The Morgan fingerprint density at radius 3 is 2.75 bits per heavy atom. The Labute approximate surface area is 171 Å². The summed E-state index contributed by atoms with van der Waals surface area (Å²) in [5.41, 5.74) is 5.04. The van der Waals surface area contributed by atoms with E-state index in [9.17, 15) is 4.79 Å². The van der Waals surface area contributed by atoms with Crippen molar-refractivity contribution in [1.29, 1.82) is 0 Å². The van der Waals surface area contributed by atoms with Crippen LogP contribution in [0.4, 0.5) is 0 Å². The Bertz CT molecular complexity index is 1050. The average molecular weight is 407 g/mol. The van der Waals surface area contributed by atoms with E-state index in [1.165, 1.54) is 0 Å². The first-order valence-corrected chi connectivity index (χ1v) is 11.0. The van der Waals surface area contributed by atoms with Gasteiger partial charge in [-0.3, -0.25) is 4.79 Å². The molecular formula is C22H18N2O2S2. The highest BCUT2D eigenvalue weighted by molar-refractivity contribution is 8.00. The first-order valence-electron chi connectivity index (χ1n) is 9.12. The fraction of sp³-hybridized carbons (Fsp3) is 0.182. The monoisotopic (exact) mass is 406 g/mol. The normalized spacial score (nSPS) is 19.6. The van der Waals surface area contributed by atoms with Gasteiger partial charge in [0, 0.05) is 21.8 Å². The zero-order chi connectivity index (χ0) is 18.9. The molecule has 3 heterocycles. The molecule has 1 aromatic heterocycles. The van der Waals surface area contributed by atoms with Gasteiger partial charge in [0.25, 0.3) is 5.91 Å². The van der Waals surface area contributed by atoms with E-state index >= 15 is 0 Å². The van der Waals surface area contributed by atoms with E-state index in [1.807, 2.05) is 53.4 Å². The third kappa shape index (κ3) is 3.12. The fourth-order valence-corrected chi connectivity index (χ4v) is 5.77. The van der Waals surface area contributed by atoms with Crippen molar-refractivity contribution in [2.24, 2.45) is 5.16 Å². The number of thioether (sulfide) groups is 1. The average Bonchev–Trinajstić information content (AvgIpc) is 3.28. The highest BCUT2D eigenvalue weighted by Crippen LogP contribution is 2.44. The van der Waals surface area contributed by atoms with Crippen LogP contribution in [0.2, 0.25) is 0 Å². The number of hydrogen-bond acceptors (Lipinski definition) is 5. The molecule has 1 atom stereocenters. The molecule has 4 nitrogen and oxygen atoms in total. The fourth-order valence-electron chi connectivity index (χ4n) is 3.62. The summed E-state index contributed by atoms with van der Waals surface area (Å²) < 4.78 is 0. The third-order valence-corrected chi connectivity index (χ3v) is 7.17. The van der Waals surface area contributed by atoms with Crippen LogP contribution in [0.3, 0.4) is 0 Å². The lowest BCUT2D eigenvalue weighted by Gasteiger charge is -2.27. The highest BCUT2D eigenvalue weighted by Gasteiger charge is 2.38. The van der Waals surface area contributed by atoms with Crippen molar-refractivity contribution in [3.8, 4) is 0 Å². The number of amides is 1. The number of carbonyl (C=O) groups excluding carboxylic acids is 1. The molecule has 1 amide bonds. The van der Waals surface area contributed by atoms with Gasteiger partial charge in [-0.1, -0.05) is 53.7 Å². The van der Waals surface area contributed by atoms with Gasteiger partial charge in [-0.05, 0) is 28.6 Å². The second kappa shape index (κ2) is 7.45. The number of fused-ring (bicyclic) bond motifs is 4. The lowest BCUT2D eigenvalue weighted by atomic mass is 10.1. The third-order valence-electron chi connectivity index (χ3n) is 5.00. The maximum Gasteiger partial charge on any atom is 0.255 e. The molecule has 0 spiro atoms. The number of benzene rings is 2. The van der Waals surface area contributed by atoms with Gasteiger partial charge < -0.3 is 9.74 Å². The molecule has 0 unspecified atom stereocenters. The number of oxime groups is 1. The van der Waals surface area contributed by atoms with Crippen LogP contribution in [0, 0.1) is 0 Å². The van der Waals surface area contributed by atoms with Crippen molar-refractivity contribution in [2.75, 3.05) is 5.75 Å². The quantitative estimate of drug-likeness (QED) is 0.570. The van der Waals surface area contributed by atoms with Crippen molar-refractivity contribution in [3.05, 3.63) is 93.2 Å². The van der Waals surface area contributed by atoms with E-state index < -0.39 is 0 Å². The Hall–Kier alpha value is -2.57. The summed E-state index contributed by atoms with van der Waals surface area (Å²) in [6.45, 7) is 1.06. The van der Waals surface area contributed by atoms with Crippen LogP contribution >= 0.6 is 23.1 Å². The van der Waals surface area contributed by atoms with E-state index in [0.29, 0.717) is 18.9 Å². The minimum Gasteiger partial charge on any atom is -0.391 e. The standard InChI is InChI=1S/C22H18N2O2S2/c25-21-16-8-4-5-9-17(16)22-24(21)12-20-18(10-11-27-20)19(14-28-22)23-26-13-15-6-2-1-3-7-15/h1-11,22H,12-14H2/b23-19+/t22-/m0/s1. The number of nitrogens with zero attached hydrogens (tertiary/aromatic N) is 2. The minimum absolute atomic E-state index is 0.0262. The zero-order valence-electron chi connectivity index (χ0n) is 15.1. The first kappa shape index (κ1) is 17.5. The summed E-state index contributed by atoms with van der Waals surface area (Å²) in [5.74, 6) is 0.814. The van der Waals surface area contributed by atoms with Crippen molar-refractivity contribution >= 4 is 34.7 Å². The minimum atomic E-state index is 0.0262. The molecule has 0 fully saturated rings. The van der Waals surface area contributed by atoms with Crippen molar-refractivity contribution in [3.63, 3.8) is 0 Å². The van der Waals surface area contributed by atoms with Crippen LogP contribution in [0.1, 0.15) is 37.3 Å². The maximum atomic E-state index is 12.9. The molecule has 5 rings (SSSR count).